The van der Waals surface area contributed by atoms with Gasteiger partial charge in [-0.15, -0.1) is 0 Å². The van der Waals surface area contributed by atoms with E-state index in [4.69, 9.17) is 23.2 Å². The Kier molecular flexibility index (Phi) is 8.96. The van der Waals surface area contributed by atoms with E-state index in [2.05, 4.69) is 5.32 Å². The van der Waals surface area contributed by atoms with Crippen molar-refractivity contribution in [3.8, 4) is 0 Å². The molecule has 2 rings (SSSR count). The van der Waals surface area contributed by atoms with Crippen molar-refractivity contribution in [3.63, 3.8) is 0 Å². The molecule has 1 atom stereocenters. The first kappa shape index (κ1) is 27.9. The van der Waals surface area contributed by atoms with Crippen LogP contribution >= 0.6 is 23.2 Å². The smallest absolute Gasteiger partial charge is 0.244 e. The molecule has 2 amide bonds. The number of halogens is 3. The van der Waals surface area contributed by atoms with Crippen LogP contribution in [0.15, 0.2) is 42.5 Å². The Morgan fingerprint density at radius 2 is 1.74 bits per heavy atom. The topological polar surface area (TPSA) is 86.8 Å². The maximum Gasteiger partial charge on any atom is 0.244 e. The fourth-order valence-corrected chi connectivity index (χ4v) is 4.57. The molecule has 0 heterocycles. The summed E-state index contributed by atoms with van der Waals surface area (Å²) in [5.74, 6) is -1.73. The minimum absolute atomic E-state index is 0.0323. The number of anilines is 1. The molecule has 186 valence electrons. The minimum atomic E-state index is -3.95. The van der Waals surface area contributed by atoms with E-state index in [1.54, 1.807) is 26.8 Å². The molecule has 0 aliphatic rings. The summed E-state index contributed by atoms with van der Waals surface area (Å²) in [4.78, 5) is 27.4. The molecule has 0 aliphatic heterocycles. The molecule has 0 aromatic heterocycles. The second kappa shape index (κ2) is 10.9. The largest absolute Gasteiger partial charge is 0.350 e. The molecule has 0 radical (unpaired) electrons. The van der Waals surface area contributed by atoms with Crippen molar-refractivity contribution in [2.45, 2.75) is 45.8 Å². The van der Waals surface area contributed by atoms with Gasteiger partial charge in [0.1, 0.15) is 18.4 Å². The molecule has 0 spiro atoms. The predicted molar refractivity (Wildman–Crippen MR) is 133 cm³/mol. The van der Waals surface area contributed by atoms with Gasteiger partial charge in [-0.05, 0) is 52.0 Å². The zero-order valence-electron chi connectivity index (χ0n) is 19.6. The van der Waals surface area contributed by atoms with Crippen LogP contribution in [0.4, 0.5) is 10.1 Å². The molecule has 1 N–H and O–H groups in total. The number of sulfonamides is 1. The molecule has 7 nitrogen and oxygen atoms in total. The summed E-state index contributed by atoms with van der Waals surface area (Å²) in [6, 6.07) is 9.03. The van der Waals surface area contributed by atoms with Gasteiger partial charge >= 0.3 is 0 Å². The van der Waals surface area contributed by atoms with Gasteiger partial charge in [-0.25, -0.2) is 12.8 Å². The average molecular weight is 532 g/mol. The van der Waals surface area contributed by atoms with Crippen LogP contribution in [0.5, 0.6) is 0 Å². The predicted octanol–water partition coefficient (Wildman–Crippen LogP) is 4.23. The van der Waals surface area contributed by atoms with Crippen molar-refractivity contribution in [1.82, 2.24) is 10.2 Å². The highest BCUT2D eigenvalue weighted by atomic mass is 35.5. The Morgan fingerprint density at radius 1 is 1.12 bits per heavy atom. The van der Waals surface area contributed by atoms with Crippen LogP contribution in [0.2, 0.25) is 10.0 Å². The van der Waals surface area contributed by atoms with Gasteiger partial charge in [-0.1, -0.05) is 41.4 Å². The van der Waals surface area contributed by atoms with Crippen LogP contribution in [0.1, 0.15) is 33.3 Å². The number of nitrogens with zero attached hydrogens (tertiary/aromatic N) is 2. The van der Waals surface area contributed by atoms with E-state index in [-0.39, 0.29) is 22.8 Å². The van der Waals surface area contributed by atoms with Gasteiger partial charge in [0.05, 0.1) is 17.0 Å². The van der Waals surface area contributed by atoms with E-state index >= 15 is 0 Å². The zero-order chi connectivity index (χ0) is 25.8. The van der Waals surface area contributed by atoms with E-state index in [0.717, 1.165) is 15.5 Å². The van der Waals surface area contributed by atoms with Crippen LogP contribution in [-0.4, -0.2) is 49.5 Å². The molecule has 11 heteroatoms. The van der Waals surface area contributed by atoms with Crippen LogP contribution in [0, 0.1) is 5.82 Å². The first-order chi connectivity index (χ1) is 15.6. The van der Waals surface area contributed by atoms with E-state index in [1.165, 1.54) is 43.3 Å². The van der Waals surface area contributed by atoms with Gasteiger partial charge in [0.15, 0.2) is 0 Å². The molecule has 2 aromatic rings. The van der Waals surface area contributed by atoms with Gasteiger partial charge in [0.2, 0.25) is 21.8 Å². The quantitative estimate of drug-likeness (QED) is 0.552. The van der Waals surface area contributed by atoms with Gasteiger partial charge in [-0.3, -0.25) is 13.9 Å². The Morgan fingerprint density at radius 3 is 2.26 bits per heavy atom. The molecule has 0 aliphatic carbocycles. The van der Waals surface area contributed by atoms with Crippen LogP contribution in [-0.2, 0) is 26.2 Å². The lowest BCUT2D eigenvalue weighted by Crippen LogP contribution is -2.54. The lowest BCUT2D eigenvalue weighted by molar-refractivity contribution is -0.140. The molecule has 0 bridgehead atoms. The summed E-state index contributed by atoms with van der Waals surface area (Å²) >= 11 is 12.1. The van der Waals surface area contributed by atoms with Gasteiger partial charge in [-0.2, -0.15) is 0 Å². The highest BCUT2D eigenvalue weighted by Crippen LogP contribution is 2.30. The average Bonchev–Trinajstić information content (AvgIpc) is 2.69. The standard InChI is InChI=1S/C23H28Cl2FN3O4S/c1-15(22(31)27-23(2,3)4)28(13-16-8-6-7-9-19(16)26)21(30)14-29(34(5,32)33)20-11-10-17(24)12-18(20)25/h6-12,15H,13-14H2,1-5H3,(H,27,31)/t15-/m0/s1. The molecule has 0 fully saturated rings. The van der Waals surface area contributed by atoms with Crippen LogP contribution < -0.4 is 9.62 Å². The number of carbonyl (C=O) groups excluding carboxylic acids is 2. The van der Waals surface area contributed by atoms with E-state index in [0.29, 0.717) is 5.02 Å². The number of benzene rings is 2. The fourth-order valence-electron chi connectivity index (χ4n) is 3.15. The molecular formula is C23H28Cl2FN3O4S. The van der Waals surface area contributed by atoms with E-state index in [9.17, 15) is 22.4 Å². The van der Waals surface area contributed by atoms with Crippen molar-refractivity contribution in [2.75, 3.05) is 17.1 Å². The highest BCUT2D eigenvalue weighted by Gasteiger charge is 2.32. The van der Waals surface area contributed by atoms with Crippen LogP contribution in [0.3, 0.4) is 0 Å². The monoisotopic (exact) mass is 531 g/mol. The summed E-state index contributed by atoms with van der Waals surface area (Å²) in [6.07, 6.45) is 0.933. The molecule has 0 unspecified atom stereocenters. The number of nitrogens with one attached hydrogen (secondary N) is 1. The molecular weight excluding hydrogens is 504 g/mol. The maximum absolute atomic E-state index is 14.4. The third-order valence-electron chi connectivity index (χ3n) is 4.82. The Hall–Kier alpha value is -2.36. The summed E-state index contributed by atoms with van der Waals surface area (Å²) in [7, 11) is -3.95. The number of hydrogen-bond donors (Lipinski definition) is 1. The third-order valence-corrected chi connectivity index (χ3v) is 6.49. The van der Waals surface area contributed by atoms with Crippen molar-refractivity contribution in [2.24, 2.45) is 0 Å². The van der Waals surface area contributed by atoms with E-state index < -0.39 is 45.8 Å². The molecule has 0 saturated heterocycles. The Labute approximate surface area is 209 Å². The van der Waals surface area contributed by atoms with Crippen molar-refractivity contribution >= 4 is 50.7 Å². The second-order valence-electron chi connectivity index (χ2n) is 8.89. The molecule has 2 aromatic carbocycles. The van der Waals surface area contributed by atoms with Crippen LogP contribution in [0.25, 0.3) is 0 Å². The third kappa shape index (κ3) is 7.58. The summed E-state index contributed by atoms with van der Waals surface area (Å²) in [6.45, 7) is 5.97. The normalized spacial score (nSPS) is 12.7. The number of carbonyl (C=O) groups is 2. The Balaban J connectivity index is 2.45. The van der Waals surface area contributed by atoms with Crippen molar-refractivity contribution in [3.05, 3.63) is 63.9 Å². The fraction of sp³-hybridized carbons (Fsp3) is 0.391. The summed E-state index contributed by atoms with van der Waals surface area (Å²) in [5.41, 5.74) is -0.338. The van der Waals surface area contributed by atoms with Crippen molar-refractivity contribution in [1.29, 1.82) is 0 Å². The number of amides is 2. The summed E-state index contributed by atoms with van der Waals surface area (Å²) < 4.78 is 40.3. The lowest BCUT2D eigenvalue weighted by Gasteiger charge is -2.33. The highest BCUT2D eigenvalue weighted by molar-refractivity contribution is 7.92. The van der Waals surface area contributed by atoms with Gasteiger partial charge in [0.25, 0.3) is 0 Å². The first-order valence-corrected chi connectivity index (χ1v) is 13.0. The first-order valence-electron chi connectivity index (χ1n) is 10.4. The van der Waals surface area contributed by atoms with Gasteiger partial charge in [0, 0.05) is 22.7 Å². The SMILES string of the molecule is C[C@@H](C(=O)NC(C)(C)C)N(Cc1ccccc1F)C(=O)CN(c1ccc(Cl)cc1Cl)S(C)(=O)=O. The number of rotatable bonds is 8. The maximum atomic E-state index is 14.4. The zero-order valence-corrected chi connectivity index (χ0v) is 21.9. The lowest BCUT2D eigenvalue weighted by atomic mass is 10.1. The van der Waals surface area contributed by atoms with E-state index in [1.807, 2.05) is 0 Å². The minimum Gasteiger partial charge on any atom is -0.350 e. The molecule has 34 heavy (non-hydrogen) atoms. The molecule has 0 saturated carbocycles. The number of hydrogen-bond acceptors (Lipinski definition) is 4. The second-order valence-corrected chi connectivity index (χ2v) is 11.6. The Bertz CT molecular complexity index is 1170. The van der Waals surface area contributed by atoms with Crippen molar-refractivity contribution < 1.29 is 22.4 Å². The summed E-state index contributed by atoms with van der Waals surface area (Å²) in [5, 5.41) is 3.12. The van der Waals surface area contributed by atoms with Gasteiger partial charge < -0.3 is 10.2 Å².